The predicted octanol–water partition coefficient (Wildman–Crippen LogP) is 3.66. The minimum atomic E-state index is -1.08. The predicted molar refractivity (Wildman–Crippen MR) is 121 cm³/mol. The van der Waals surface area contributed by atoms with Gasteiger partial charge in [0.15, 0.2) is 6.61 Å². The van der Waals surface area contributed by atoms with Crippen LogP contribution in [0.15, 0.2) is 16.8 Å². The number of aliphatic carboxylic acids is 1. The van der Waals surface area contributed by atoms with E-state index >= 15 is 0 Å². The number of allylic oxidation sites excluding steroid dienone is 2. The monoisotopic (exact) mass is 446 g/mol. The first-order valence-corrected chi connectivity index (χ1v) is 12.1. The summed E-state index contributed by atoms with van der Waals surface area (Å²) in [5.74, 6) is 0.371. The molecule has 178 valence electrons. The fourth-order valence-corrected chi connectivity index (χ4v) is 7.41. The molecule has 3 fully saturated rings. The average molecular weight is 447 g/mol. The third-order valence-corrected chi connectivity index (χ3v) is 9.66. The van der Waals surface area contributed by atoms with Gasteiger partial charge in [0, 0.05) is 0 Å². The van der Waals surface area contributed by atoms with Crippen molar-refractivity contribution in [2.45, 2.75) is 90.7 Å². The molecule has 0 aromatic rings. The molecular formula is C25H38N2O5. The summed E-state index contributed by atoms with van der Waals surface area (Å²) < 4.78 is 0. The molecule has 0 aromatic heterocycles. The van der Waals surface area contributed by atoms with Crippen molar-refractivity contribution >= 4 is 17.6 Å². The van der Waals surface area contributed by atoms with Crippen molar-refractivity contribution in [2.24, 2.45) is 33.7 Å². The maximum atomic E-state index is 11.8. The molecule has 4 aliphatic carbocycles. The lowest BCUT2D eigenvalue weighted by Gasteiger charge is -2.59. The third kappa shape index (κ3) is 3.76. The van der Waals surface area contributed by atoms with Gasteiger partial charge >= 0.3 is 5.97 Å². The zero-order valence-electron chi connectivity index (χ0n) is 19.8. The van der Waals surface area contributed by atoms with Gasteiger partial charge in [-0.05, 0) is 99.9 Å². The lowest BCUT2D eigenvalue weighted by Crippen LogP contribution is -2.53. The Hall–Kier alpha value is -1.89. The van der Waals surface area contributed by atoms with Crippen molar-refractivity contribution in [3.8, 4) is 0 Å². The van der Waals surface area contributed by atoms with E-state index in [1.54, 1.807) is 0 Å². The summed E-state index contributed by atoms with van der Waals surface area (Å²) in [6, 6.07) is -0.952. The molecule has 7 atom stereocenters. The standard InChI is InChI=1S/C25H38N2O5/c1-15(22(29)30)26-21(28)14-32-27-17-7-10-23(2)16(13-17)5-6-18-19(23)8-11-24(3)20(18)9-12-25(24,4)31/h13,15,18-20,31H,5-12,14H2,1-4H3,(H,26,28)(H,29,30)/t15?,18-,19?,20?,23+,24+,25+/m1/s1. The van der Waals surface area contributed by atoms with Crippen LogP contribution in [-0.4, -0.2) is 46.1 Å². The lowest BCUT2D eigenvalue weighted by atomic mass is 9.46. The highest BCUT2D eigenvalue weighted by atomic mass is 16.6. The summed E-state index contributed by atoms with van der Waals surface area (Å²) in [4.78, 5) is 27.9. The molecule has 7 heteroatoms. The van der Waals surface area contributed by atoms with Crippen LogP contribution in [0.3, 0.4) is 0 Å². The van der Waals surface area contributed by atoms with Crippen LogP contribution in [0.25, 0.3) is 0 Å². The molecule has 7 nitrogen and oxygen atoms in total. The first kappa shape index (κ1) is 23.3. The van der Waals surface area contributed by atoms with Crippen molar-refractivity contribution in [1.29, 1.82) is 0 Å². The van der Waals surface area contributed by atoms with Crippen LogP contribution < -0.4 is 5.32 Å². The number of carboxylic acids is 1. The summed E-state index contributed by atoms with van der Waals surface area (Å²) >= 11 is 0. The molecule has 4 rings (SSSR count). The van der Waals surface area contributed by atoms with Crippen LogP contribution in [0.4, 0.5) is 0 Å². The van der Waals surface area contributed by atoms with Crippen LogP contribution in [0.1, 0.15) is 79.1 Å². The van der Waals surface area contributed by atoms with Gasteiger partial charge in [-0.2, -0.15) is 0 Å². The van der Waals surface area contributed by atoms with E-state index in [-0.39, 0.29) is 17.4 Å². The second-order valence-corrected chi connectivity index (χ2v) is 11.3. The van der Waals surface area contributed by atoms with E-state index in [1.807, 2.05) is 0 Å². The van der Waals surface area contributed by atoms with Gasteiger partial charge in [-0.1, -0.05) is 24.6 Å². The second-order valence-electron chi connectivity index (χ2n) is 11.3. The smallest absolute Gasteiger partial charge is 0.325 e. The van der Waals surface area contributed by atoms with Crippen molar-refractivity contribution in [3.05, 3.63) is 11.6 Å². The third-order valence-electron chi connectivity index (χ3n) is 9.66. The fourth-order valence-electron chi connectivity index (χ4n) is 7.41. The van der Waals surface area contributed by atoms with E-state index < -0.39 is 23.5 Å². The summed E-state index contributed by atoms with van der Waals surface area (Å²) in [5, 5.41) is 26.5. The normalized spacial score (nSPS) is 42.8. The average Bonchev–Trinajstić information content (AvgIpc) is 2.97. The molecule has 0 bridgehead atoms. The molecule has 3 saturated carbocycles. The molecule has 0 saturated heterocycles. The molecule has 0 aliphatic heterocycles. The number of carbonyl (C=O) groups is 2. The SMILES string of the molecule is CC(NC(=O)CON=C1C=C2CC[C@@H]3C(CC[C@@]4(C)C3CC[C@]4(C)O)[C@@]2(C)CC1)C(=O)O. The highest BCUT2D eigenvalue weighted by molar-refractivity contribution is 5.96. The van der Waals surface area contributed by atoms with Crippen LogP contribution in [0.2, 0.25) is 0 Å². The Morgan fingerprint density at radius 1 is 1.16 bits per heavy atom. The minimum Gasteiger partial charge on any atom is -0.480 e. The van der Waals surface area contributed by atoms with Gasteiger partial charge in [0.25, 0.3) is 5.91 Å². The second kappa shape index (κ2) is 8.15. The number of amides is 1. The summed E-state index contributed by atoms with van der Waals surface area (Å²) in [6.07, 6.45) is 10.6. The Kier molecular flexibility index (Phi) is 5.93. The number of hydrogen-bond acceptors (Lipinski definition) is 5. The van der Waals surface area contributed by atoms with Crippen LogP contribution in [0, 0.1) is 28.6 Å². The Balaban J connectivity index is 1.42. The van der Waals surface area contributed by atoms with Crippen molar-refractivity contribution < 1.29 is 24.6 Å². The molecule has 0 radical (unpaired) electrons. The van der Waals surface area contributed by atoms with Gasteiger partial charge in [0.05, 0.1) is 11.3 Å². The summed E-state index contributed by atoms with van der Waals surface area (Å²) in [6.45, 7) is 7.92. The summed E-state index contributed by atoms with van der Waals surface area (Å²) in [5.41, 5.74) is 1.98. The van der Waals surface area contributed by atoms with Crippen LogP contribution in [0.5, 0.6) is 0 Å². The van der Waals surface area contributed by atoms with Gasteiger partial charge in [-0.3, -0.25) is 9.59 Å². The number of carboxylic acid groups (broad SMARTS) is 1. The molecular weight excluding hydrogens is 408 g/mol. The number of rotatable bonds is 5. The molecule has 4 aliphatic rings. The van der Waals surface area contributed by atoms with E-state index in [9.17, 15) is 14.7 Å². The zero-order chi connectivity index (χ0) is 23.3. The molecule has 3 N–H and O–H groups in total. The van der Waals surface area contributed by atoms with E-state index in [4.69, 9.17) is 9.94 Å². The van der Waals surface area contributed by atoms with E-state index in [1.165, 1.54) is 25.3 Å². The highest BCUT2D eigenvalue weighted by Crippen LogP contribution is 2.67. The Morgan fingerprint density at radius 3 is 2.59 bits per heavy atom. The van der Waals surface area contributed by atoms with Gasteiger partial charge in [0.2, 0.25) is 0 Å². The number of aliphatic hydroxyl groups is 1. The molecule has 0 aromatic carbocycles. The Morgan fingerprint density at radius 2 is 1.88 bits per heavy atom. The first-order valence-electron chi connectivity index (χ1n) is 12.1. The number of fused-ring (bicyclic) bond motifs is 5. The quantitative estimate of drug-likeness (QED) is 0.559. The fraction of sp³-hybridized carbons (Fsp3) is 0.800. The van der Waals surface area contributed by atoms with Crippen molar-refractivity contribution in [2.75, 3.05) is 6.61 Å². The van der Waals surface area contributed by atoms with Gasteiger partial charge in [-0.15, -0.1) is 0 Å². The van der Waals surface area contributed by atoms with Crippen LogP contribution in [-0.2, 0) is 14.4 Å². The topological polar surface area (TPSA) is 108 Å². The summed E-state index contributed by atoms with van der Waals surface area (Å²) in [7, 11) is 0. The number of carbonyl (C=O) groups excluding carboxylic acids is 1. The Bertz CT molecular complexity index is 849. The highest BCUT2D eigenvalue weighted by Gasteiger charge is 2.62. The minimum absolute atomic E-state index is 0.0412. The molecule has 0 spiro atoms. The van der Waals surface area contributed by atoms with Crippen molar-refractivity contribution in [1.82, 2.24) is 5.32 Å². The van der Waals surface area contributed by atoms with Crippen LogP contribution >= 0.6 is 0 Å². The van der Waals surface area contributed by atoms with Gasteiger partial charge in [0.1, 0.15) is 6.04 Å². The molecule has 1 amide bonds. The molecule has 0 heterocycles. The number of nitrogens with one attached hydrogen (secondary N) is 1. The molecule has 32 heavy (non-hydrogen) atoms. The number of hydrogen-bond donors (Lipinski definition) is 3. The first-order chi connectivity index (χ1) is 15.0. The van der Waals surface area contributed by atoms with E-state index in [0.29, 0.717) is 17.8 Å². The van der Waals surface area contributed by atoms with Gasteiger partial charge < -0.3 is 20.4 Å². The zero-order valence-corrected chi connectivity index (χ0v) is 19.8. The number of oxime groups is 1. The largest absolute Gasteiger partial charge is 0.480 e. The van der Waals surface area contributed by atoms with E-state index in [2.05, 4.69) is 37.3 Å². The van der Waals surface area contributed by atoms with Gasteiger partial charge in [-0.25, -0.2) is 0 Å². The van der Waals surface area contributed by atoms with Crippen molar-refractivity contribution in [3.63, 3.8) is 0 Å². The van der Waals surface area contributed by atoms with E-state index in [0.717, 1.165) is 44.2 Å². The maximum absolute atomic E-state index is 11.8. The molecule has 3 unspecified atom stereocenters. The lowest BCUT2D eigenvalue weighted by molar-refractivity contribution is -0.142. The number of nitrogens with zero attached hydrogens (tertiary/aromatic N) is 1. The Labute approximate surface area is 190 Å². The maximum Gasteiger partial charge on any atom is 0.325 e.